The predicted octanol–water partition coefficient (Wildman–Crippen LogP) is 6.15. The molecular weight excluding hydrogens is 448 g/mol. The van der Waals surface area contributed by atoms with Gasteiger partial charge in [0.15, 0.2) is 0 Å². The van der Waals surface area contributed by atoms with E-state index in [0.29, 0.717) is 21.7 Å². The first-order valence-corrected chi connectivity index (χ1v) is 11.4. The molecule has 2 aromatic rings. The van der Waals surface area contributed by atoms with Gasteiger partial charge in [-0.2, -0.15) is 0 Å². The number of ether oxygens (including phenoxy) is 1. The minimum atomic E-state index is -1.58. The van der Waals surface area contributed by atoms with Crippen LogP contribution < -0.4 is 4.72 Å². The molecule has 2 atom stereocenters. The second-order valence-electron chi connectivity index (χ2n) is 7.82. The first-order valence-electron chi connectivity index (χ1n) is 9.54. The molecule has 0 fully saturated rings. The minimum Gasteiger partial charge on any atom is -0.598 e. The topological polar surface area (TPSA) is 61.4 Å². The molecule has 30 heavy (non-hydrogen) atoms. The Morgan fingerprint density at radius 1 is 1.27 bits per heavy atom. The largest absolute Gasteiger partial charge is 0.598 e. The van der Waals surface area contributed by atoms with E-state index in [4.69, 9.17) is 27.9 Å². The third kappa shape index (κ3) is 5.89. The van der Waals surface area contributed by atoms with Crippen molar-refractivity contribution in [3.63, 3.8) is 0 Å². The van der Waals surface area contributed by atoms with Crippen LogP contribution in [0.4, 0.5) is 4.39 Å². The average Bonchev–Trinajstić information content (AvgIpc) is 2.65. The van der Waals surface area contributed by atoms with Gasteiger partial charge in [0.05, 0.1) is 24.1 Å². The third-order valence-electron chi connectivity index (χ3n) is 4.41. The molecule has 0 saturated carbocycles. The van der Waals surface area contributed by atoms with Crippen LogP contribution in [0, 0.1) is 12.7 Å². The summed E-state index contributed by atoms with van der Waals surface area (Å²) in [6, 6.07) is 7.76. The van der Waals surface area contributed by atoms with Crippen LogP contribution in [-0.2, 0) is 20.9 Å². The van der Waals surface area contributed by atoms with Crippen molar-refractivity contribution in [1.82, 2.24) is 4.72 Å². The lowest BCUT2D eigenvalue weighted by molar-refractivity contribution is -0.143. The zero-order chi connectivity index (χ0) is 22.6. The predicted molar refractivity (Wildman–Crippen MR) is 122 cm³/mol. The molecule has 0 spiro atoms. The van der Waals surface area contributed by atoms with Gasteiger partial charge in [-0.25, -0.2) is 4.39 Å². The van der Waals surface area contributed by atoms with E-state index < -0.39 is 33.9 Å². The number of carbonyl (C=O) groups excluding carboxylic acids is 1. The first kappa shape index (κ1) is 25.0. The van der Waals surface area contributed by atoms with E-state index >= 15 is 4.39 Å². The Hall–Kier alpha value is -1.31. The third-order valence-corrected chi connectivity index (χ3v) is 6.76. The quantitative estimate of drug-likeness (QED) is 0.386. The van der Waals surface area contributed by atoms with Crippen LogP contribution >= 0.6 is 23.2 Å². The smallest absolute Gasteiger partial charge is 0.307 e. The molecule has 0 bridgehead atoms. The summed E-state index contributed by atoms with van der Waals surface area (Å²) in [5.74, 6) is -1.11. The molecule has 2 aromatic carbocycles. The Balaban J connectivity index is 2.64. The number of esters is 1. The van der Waals surface area contributed by atoms with Gasteiger partial charge in [-0.05, 0) is 52.3 Å². The number of hydrogen-bond donors (Lipinski definition) is 1. The van der Waals surface area contributed by atoms with E-state index in [2.05, 4.69) is 4.72 Å². The van der Waals surface area contributed by atoms with Gasteiger partial charge in [0.25, 0.3) is 0 Å². The molecule has 2 rings (SSSR count). The SMILES string of the molecule is CCOC(=O)CC(N[S+]([O-])C(C)(C)C)c1c(F)c(C)cc(-c2ccccc2Cl)c1Cl. The van der Waals surface area contributed by atoms with Gasteiger partial charge in [0, 0.05) is 33.1 Å². The fraction of sp³-hybridized carbons (Fsp3) is 0.409. The number of aryl methyl sites for hydroxylation is 1. The molecular formula is C22H26Cl2FNO3S. The van der Waals surface area contributed by atoms with Crippen molar-refractivity contribution in [1.29, 1.82) is 0 Å². The van der Waals surface area contributed by atoms with Gasteiger partial charge in [-0.15, -0.1) is 4.72 Å². The van der Waals surface area contributed by atoms with Crippen LogP contribution in [0.5, 0.6) is 0 Å². The molecule has 4 nitrogen and oxygen atoms in total. The molecule has 0 radical (unpaired) electrons. The fourth-order valence-corrected chi connectivity index (χ4v) is 4.30. The number of halogens is 3. The van der Waals surface area contributed by atoms with Crippen molar-refractivity contribution < 1.29 is 18.5 Å². The highest BCUT2D eigenvalue weighted by Gasteiger charge is 2.34. The highest BCUT2D eigenvalue weighted by molar-refractivity contribution is 7.90. The van der Waals surface area contributed by atoms with Gasteiger partial charge in [-0.1, -0.05) is 41.4 Å². The van der Waals surface area contributed by atoms with Crippen molar-refractivity contribution in [2.45, 2.75) is 51.8 Å². The summed E-state index contributed by atoms with van der Waals surface area (Å²) in [7, 11) is 0. The Morgan fingerprint density at radius 3 is 2.47 bits per heavy atom. The van der Waals surface area contributed by atoms with E-state index in [9.17, 15) is 9.35 Å². The molecule has 0 heterocycles. The van der Waals surface area contributed by atoms with E-state index in [1.54, 1.807) is 65.0 Å². The summed E-state index contributed by atoms with van der Waals surface area (Å²) in [6.07, 6.45) is -0.224. The molecule has 1 N–H and O–H groups in total. The van der Waals surface area contributed by atoms with Gasteiger partial charge in [0.1, 0.15) is 10.6 Å². The van der Waals surface area contributed by atoms with Crippen molar-refractivity contribution in [3.8, 4) is 11.1 Å². The highest BCUT2D eigenvalue weighted by Crippen LogP contribution is 2.41. The lowest BCUT2D eigenvalue weighted by atomic mass is 9.94. The number of rotatable bonds is 7. The first-order chi connectivity index (χ1) is 14.0. The van der Waals surface area contributed by atoms with Crippen LogP contribution in [0.15, 0.2) is 30.3 Å². The molecule has 0 saturated heterocycles. The summed E-state index contributed by atoms with van der Waals surface area (Å²) in [4.78, 5) is 12.2. The Morgan fingerprint density at radius 2 is 1.90 bits per heavy atom. The number of nitrogens with one attached hydrogen (secondary N) is 1. The molecule has 0 aliphatic heterocycles. The van der Waals surface area contributed by atoms with Gasteiger partial charge in [0.2, 0.25) is 0 Å². The Kier molecular flexibility index (Phi) is 8.60. The fourth-order valence-electron chi connectivity index (χ4n) is 2.87. The number of carbonyl (C=O) groups is 1. The van der Waals surface area contributed by atoms with Gasteiger partial charge in [-0.3, -0.25) is 4.79 Å². The second kappa shape index (κ2) is 10.3. The molecule has 0 aliphatic carbocycles. The lowest BCUT2D eigenvalue weighted by Crippen LogP contribution is -2.42. The maximum Gasteiger partial charge on any atom is 0.307 e. The Labute approximate surface area is 190 Å². The van der Waals surface area contributed by atoms with E-state index in [0.717, 1.165) is 0 Å². The van der Waals surface area contributed by atoms with Gasteiger partial charge < -0.3 is 9.29 Å². The summed E-state index contributed by atoms with van der Waals surface area (Å²) < 4.78 is 35.3. The summed E-state index contributed by atoms with van der Waals surface area (Å²) in [6.45, 7) is 8.81. The minimum absolute atomic E-state index is 0.0669. The number of benzene rings is 2. The maximum atomic E-state index is 15.3. The maximum absolute atomic E-state index is 15.3. The average molecular weight is 474 g/mol. The molecule has 2 unspecified atom stereocenters. The van der Waals surface area contributed by atoms with Crippen LogP contribution in [0.3, 0.4) is 0 Å². The normalized spacial score (nSPS) is 13.8. The zero-order valence-corrected chi connectivity index (χ0v) is 20.0. The number of hydrogen-bond acceptors (Lipinski definition) is 4. The standard InChI is InChI=1S/C22H26Cl2FNO3S/c1-6-29-18(27)12-17(26-30(28)22(3,4)5)19-20(24)15(11-13(2)21(19)25)14-9-7-8-10-16(14)23/h7-11,17,26H,6,12H2,1-5H3. The van der Waals surface area contributed by atoms with Crippen molar-refractivity contribution >= 4 is 40.5 Å². The second-order valence-corrected chi connectivity index (χ2v) is 10.6. The van der Waals surface area contributed by atoms with Crippen LogP contribution in [0.25, 0.3) is 11.1 Å². The van der Waals surface area contributed by atoms with E-state index in [1.807, 2.05) is 0 Å². The highest BCUT2D eigenvalue weighted by atomic mass is 35.5. The molecule has 0 aromatic heterocycles. The van der Waals surface area contributed by atoms with Gasteiger partial charge >= 0.3 is 5.97 Å². The molecule has 8 heteroatoms. The van der Waals surface area contributed by atoms with Crippen LogP contribution in [0.2, 0.25) is 10.0 Å². The van der Waals surface area contributed by atoms with Crippen molar-refractivity contribution in [3.05, 3.63) is 57.3 Å². The summed E-state index contributed by atoms with van der Waals surface area (Å²) in [5.41, 5.74) is 1.58. The molecule has 0 aliphatic rings. The molecule has 164 valence electrons. The summed E-state index contributed by atoms with van der Waals surface area (Å²) in [5, 5.41) is 0.573. The van der Waals surface area contributed by atoms with E-state index in [-0.39, 0.29) is 23.6 Å². The Bertz CT molecular complexity index is 918. The van der Waals surface area contributed by atoms with Crippen LogP contribution in [0.1, 0.15) is 51.3 Å². The van der Waals surface area contributed by atoms with E-state index in [1.165, 1.54) is 0 Å². The summed E-state index contributed by atoms with van der Waals surface area (Å²) >= 11 is 11.4. The zero-order valence-electron chi connectivity index (χ0n) is 17.6. The lowest BCUT2D eigenvalue weighted by Gasteiger charge is -2.29. The monoisotopic (exact) mass is 473 g/mol. The van der Waals surface area contributed by atoms with Crippen molar-refractivity contribution in [2.75, 3.05) is 6.61 Å². The molecule has 0 amide bonds. The van der Waals surface area contributed by atoms with Crippen LogP contribution in [-0.4, -0.2) is 21.9 Å². The van der Waals surface area contributed by atoms with Crippen molar-refractivity contribution in [2.24, 2.45) is 0 Å².